The molecule has 0 aliphatic carbocycles. The average Bonchev–Trinajstić information content (AvgIpc) is 2.87. The Bertz CT molecular complexity index is 570. The smallest absolute Gasteiger partial charge is 0.284 e. The number of thiazole rings is 1. The first-order valence-corrected chi connectivity index (χ1v) is 5.90. The van der Waals surface area contributed by atoms with Gasteiger partial charge in [0.15, 0.2) is 0 Å². The summed E-state index contributed by atoms with van der Waals surface area (Å²) >= 11 is 1.52. The van der Waals surface area contributed by atoms with E-state index in [2.05, 4.69) is 4.98 Å². The highest BCUT2D eigenvalue weighted by molar-refractivity contribution is 7.18. The first kappa shape index (κ1) is 11.8. The van der Waals surface area contributed by atoms with Crippen molar-refractivity contribution in [2.75, 3.05) is 14.2 Å². The predicted octanol–water partition coefficient (Wildman–Crippen LogP) is 2.06. The Hall–Kier alpha value is -1.66. The first-order chi connectivity index (χ1) is 8.19. The fraction of sp³-hybridized carbons (Fsp3) is 0.273. The Kier molecular flexibility index (Phi) is 3.26. The molecule has 2 aromatic heterocycles. The lowest BCUT2D eigenvalue weighted by Gasteiger charge is -2.13. The molecular formula is C11H13N3O2S. The molecule has 6 heteroatoms. The topological polar surface area (TPSA) is 46.8 Å². The van der Waals surface area contributed by atoms with Crippen molar-refractivity contribution in [3.8, 4) is 0 Å². The molecule has 0 bridgehead atoms. The number of rotatable bonds is 3. The van der Waals surface area contributed by atoms with E-state index in [-0.39, 0.29) is 5.91 Å². The van der Waals surface area contributed by atoms with Crippen LogP contribution in [0.3, 0.4) is 0 Å². The minimum Gasteiger partial charge on any atom is -0.284 e. The zero-order chi connectivity index (χ0) is 12.4. The maximum atomic E-state index is 12.2. The van der Waals surface area contributed by atoms with Gasteiger partial charge in [-0.05, 0) is 13.0 Å². The molecular weight excluding hydrogens is 238 g/mol. The molecule has 2 heterocycles. The van der Waals surface area contributed by atoms with E-state index in [4.69, 9.17) is 4.84 Å². The second kappa shape index (κ2) is 4.68. The summed E-state index contributed by atoms with van der Waals surface area (Å²) in [6.45, 7) is 1.92. The minimum atomic E-state index is -0.190. The van der Waals surface area contributed by atoms with Crippen molar-refractivity contribution in [3.63, 3.8) is 0 Å². The second-order valence-corrected chi connectivity index (χ2v) is 4.46. The molecule has 2 rings (SSSR count). The number of carbonyl (C=O) groups is 1. The normalized spacial score (nSPS) is 11.5. The molecule has 0 saturated carbocycles. The number of fused-ring (bicyclic) bond motifs is 1. The SMILES string of the molecule is CC=Cc1sc2cncn2c1C(=O)N(C)OC. The number of allylic oxidation sites excluding steroid dienone is 1. The van der Waals surface area contributed by atoms with Crippen molar-refractivity contribution >= 4 is 28.2 Å². The molecule has 5 nitrogen and oxygen atoms in total. The minimum absolute atomic E-state index is 0.190. The number of imidazole rings is 1. The Morgan fingerprint density at radius 3 is 3.06 bits per heavy atom. The van der Waals surface area contributed by atoms with Gasteiger partial charge in [-0.15, -0.1) is 11.3 Å². The maximum Gasteiger partial charge on any atom is 0.295 e. The van der Waals surface area contributed by atoms with Crippen LogP contribution in [0, 0.1) is 0 Å². The summed E-state index contributed by atoms with van der Waals surface area (Å²) in [5.74, 6) is -0.190. The van der Waals surface area contributed by atoms with Crippen LogP contribution >= 0.6 is 11.3 Å². The zero-order valence-electron chi connectivity index (χ0n) is 9.88. The van der Waals surface area contributed by atoms with Crippen LogP contribution in [-0.2, 0) is 4.84 Å². The summed E-state index contributed by atoms with van der Waals surface area (Å²) in [6.07, 6.45) is 7.19. The Labute approximate surface area is 103 Å². The maximum absolute atomic E-state index is 12.2. The quantitative estimate of drug-likeness (QED) is 0.784. The van der Waals surface area contributed by atoms with E-state index in [1.54, 1.807) is 24.0 Å². The van der Waals surface area contributed by atoms with Gasteiger partial charge < -0.3 is 0 Å². The van der Waals surface area contributed by atoms with Crippen LogP contribution in [-0.4, -0.2) is 34.5 Å². The molecule has 1 amide bonds. The molecule has 0 N–H and O–H groups in total. The second-order valence-electron chi connectivity index (χ2n) is 3.40. The molecule has 0 saturated heterocycles. The van der Waals surface area contributed by atoms with Gasteiger partial charge in [0.1, 0.15) is 16.9 Å². The van der Waals surface area contributed by atoms with Crippen LogP contribution in [0.15, 0.2) is 18.6 Å². The lowest BCUT2D eigenvalue weighted by Crippen LogP contribution is -2.27. The van der Waals surface area contributed by atoms with Gasteiger partial charge in [0.05, 0.1) is 18.2 Å². The van der Waals surface area contributed by atoms with Crippen LogP contribution in [0.5, 0.6) is 0 Å². The number of hydrogen-bond donors (Lipinski definition) is 0. The van der Waals surface area contributed by atoms with E-state index in [9.17, 15) is 4.79 Å². The average molecular weight is 251 g/mol. The van der Waals surface area contributed by atoms with Gasteiger partial charge in [-0.2, -0.15) is 0 Å². The van der Waals surface area contributed by atoms with Crippen molar-refractivity contribution in [1.29, 1.82) is 0 Å². The van der Waals surface area contributed by atoms with Crippen LogP contribution in [0.2, 0.25) is 0 Å². The number of hydroxylamine groups is 2. The fourth-order valence-electron chi connectivity index (χ4n) is 1.51. The van der Waals surface area contributed by atoms with Gasteiger partial charge in [0.25, 0.3) is 5.91 Å². The molecule has 0 radical (unpaired) electrons. The third kappa shape index (κ3) is 1.96. The summed E-state index contributed by atoms with van der Waals surface area (Å²) in [5, 5.41) is 1.20. The molecule has 90 valence electrons. The molecule has 17 heavy (non-hydrogen) atoms. The van der Waals surface area contributed by atoms with E-state index in [1.165, 1.54) is 23.5 Å². The number of amides is 1. The van der Waals surface area contributed by atoms with Crippen LogP contribution in [0.1, 0.15) is 22.3 Å². The third-order valence-electron chi connectivity index (χ3n) is 2.37. The zero-order valence-corrected chi connectivity index (χ0v) is 10.7. The molecule has 0 fully saturated rings. The number of aromatic nitrogens is 2. The number of nitrogens with zero attached hydrogens (tertiary/aromatic N) is 3. The van der Waals surface area contributed by atoms with Crippen molar-refractivity contribution in [2.45, 2.75) is 6.92 Å². The summed E-state index contributed by atoms with van der Waals surface area (Å²) in [4.78, 5) is 23.0. The molecule has 0 atom stereocenters. The van der Waals surface area contributed by atoms with Crippen molar-refractivity contribution in [1.82, 2.24) is 14.4 Å². The summed E-state index contributed by atoms with van der Waals surface area (Å²) in [7, 11) is 3.05. The number of carbonyl (C=O) groups excluding carboxylic acids is 1. The van der Waals surface area contributed by atoms with E-state index < -0.39 is 0 Å². The van der Waals surface area contributed by atoms with Crippen LogP contribution < -0.4 is 0 Å². The van der Waals surface area contributed by atoms with E-state index >= 15 is 0 Å². The predicted molar refractivity (Wildman–Crippen MR) is 66.9 cm³/mol. The largest absolute Gasteiger partial charge is 0.295 e. The Morgan fingerprint density at radius 2 is 2.41 bits per heavy atom. The van der Waals surface area contributed by atoms with E-state index in [0.29, 0.717) is 5.69 Å². The third-order valence-corrected chi connectivity index (χ3v) is 3.43. The Balaban J connectivity index is 2.59. The van der Waals surface area contributed by atoms with Gasteiger partial charge in [0.2, 0.25) is 0 Å². The highest BCUT2D eigenvalue weighted by Crippen LogP contribution is 2.25. The van der Waals surface area contributed by atoms with Crippen molar-refractivity contribution in [2.24, 2.45) is 0 Å². The molecule has 2 aromatic rings. The van der Waals surface area contributed by atoms with Gasteiger partial charge in [-0.1, -0.05) is 6.08 Å². The molecule has 0 unspecified atom stereocenters. The van der Waals surface area contributed by atoms with Crippen molar-refractivity contribution < 1.29 is 9.63 Å². The van der Waals surface area contributed by atoms with Gasteiger partial charge in [0, 0.05) is 7.05 Å². The van der Waals surface area contributed by atoms with Gasteiger partial charge in [-0.3, -0.25) is 14.0 Å². The number of hydrogen-bond acceptors (Lipinski definition) is 4. The summed E-state index contributed by atoms with van der Waals surface area (Å²) < 4.78 is 1.78. The molecule has 0 aliphatic heterocycles. The highest BCUT2D eigenvalue weighted by Gasteiger charge is 2.21. The van der Waals surface area contributed by atoms with Crippen molar-refractivity contribution in [3.05, 3.63) is 29.2 Å². The van der Waals surface area contributed by atoms with E-state index in [0.717, 1.165) is 9.71 Å². The van der Waals surface area contributed by atoms with Crippen LogP contribution in [0.4, 0.5) is 0 Å². The summed E-state index contributed by atoms with van der Waals surface area (Å²) in [6, 6.07) is 0. The molecule has 0 spiro atoms. The van der Waals surface area contributed by atoms with Gasteiger partial charge >= 0.3 is 0 Å². The first-order valence-electron chi connectivity index (χ1n) is 5.08. The Morgan fingerprint density at radius 1 is 1.65 bits per heavy atom. The highest BCUT2D eigenvalue weighted by atomic mass is 32.1. The fourth-order valence-corrected chi connectivity index (χ4v) is 2.57. The lowest BCUT2D eigenvalue weighted by molar-refractivity contribution is -0.0761. The monoisotopic (exact) mass is 251 g/mol. The molecule has 0 aromatic carbocycles. The van der Waals surface area contributed by atoms with E-state index in [1.807, 2.05) is 19.1 Å². The summed E-state index contributed by atoms with van der Waals surface area (Å²) in [5.41, 5.74) is 0.574. The lowest BCUT2D eigenvalue weighted by atomic mass is 10.3. The standard InChI is InChI=1S/C11H13N3O2S/c1-4-5-8-10(11(15)13(2)16-3)14-7-12-6-9(14)17-8/h4-7H,1-3H3. The van der Waals surface area contributed by atoms with Crippen LogP contribution in [0.25, 0.3) is 10.9 Å². The molecule has 0 aliphatic rings. The van der Waals surface area contributed by atoms with Gasteiger partial charge in [-0.25, -0.2) is 10.0 Å².